The highest BCUT2D eigenvalue weighted by atomic mass is 19.4. The summed E-state index contributed by atoms with van der Waals surface area (Å²) in [7, 11) is 1.67. The number of nitrogens with one attached hydrogen (secondary N) is 1. The summed E-state index contributed by atoms with van der Waals surface area (Å²) in [6.07, 6.45) is -2.92. The fourth-order valence-corrected chi connectivity index (χ4v) is 2.70. The van der Waals surface area contributed by atoms with Gasteiger partial charge in [0.05, 0.1) is 28.4 Å². The second kappa shape index (κ2) is 7.02. The fraction of sp³-hybridized carbons (Fsp3) is 0.316. The third-order valence-electron chi connectivity index (χ3n) is 4.11. The highest BCUT2D eigenvalue weighted by molar-refractivity contribution is 6.06. The SMILES string of the molecule is CC(C)CNC(=O)c1cc(-c2cccc(C(F)(F)F)c2)nc2c1cnn2C. The van der Waals surface area contributed by atoms with Crippen LogP contribution in [-0.4, -0.2) is 27.2 Å². The minimum atomic E-state index is -4.45. The highest BCUT2D eigenvalue weighted by Crippen LogP contribution is 2.32. The molecule has 0 aliphatic heterocycles. The van der Waals surface area contributed by atoms with Gasteiger partial charge in [0.2, 0.25) is 0 Å². The van der Waals surface area contributed by atoms with E-state index in [9.17, 15) is 18.0 Å². The van der Waals surface area contributed by atoms with E-state index in [1.165, 1.54) is 29.1 Å². The molecule has 0 saturated heterocycles. The lowest BCUT2D eigenvalue weighted by atomic mass is 10.0. The molecule has 27 heavy (non-hydrogen) atoms. The molecule has 0 spiro atoms. The first-order valence-corrected chi connectivity index (χ1v) is 8.45. The lowest BCUT2D eigenvalue weighted by molar-refractivity contribution is -0.137. The number of rotatable bonds is 4. The molecule has 3 aromatic rings. The van der Waals surface area contributed by atoms with Crippen molar-refractivity contribution in [2.75, 3.05) is 6.54 Å². The Hall–Kier alpha value is -2.90. The molecule has 8 heteroatoms. The van der Waals surface area contributed by atoms with Crippen molar-refractivity contribution in [2.45, 2.75) is 20.0 Å². The van der Waals surface area contributed by atoms with E-state index < -0.39 is 11.7 Å². The van der Waals surface area contributed by atoms with Crippen LogP contribution in [0.15, 0.2) is 36.5 Å². The molecule has 0 radical (unpaired) electrons. The van der Waals surface area contributed by atoms with E-state index in [-0.39, 0.29) is 23.1 Å². The molecule has 2 heterocycles. The maximum Gasteiger partial charge on any atom is 0.416 e. The van der Waals surface area contributed by atoms with Gasteiger partial charge in [-0.05, 0) is 24.1 Å². The number of halogens is 3. The summed E-state index contributed by atoms with van der Waals surface area (Å²) in [4.78, 5) is 17.0. The lowest BCUT2D eigenvalue weighted by Gasteiger charge is -2.11. The Kier molecular flexibility index (Phi) is 4.91. The molecule has 0 bridgehead atoms. The third kappa shape index (κ3) is 3.94. The molecule has 0 unspecified atom stereocenters. The average molecular weight is 376 g/mol. The number of hydrogen-bond donors (Lipinski definition) is 1. The minimum absolute atomic E-state index is 0.267. The van der Waals surface area contributed by atoms with E-state index in [1.807, 2.05) is 13.8 Å². The van der Waals surface area contributed by atoms with Crippen molar-refractivity contribution in [3.05, 3.63) is 47.7 Å². The van der Waals surface area contributed by atoms with Crippen molar-refractivity contribution >= 4 is 16.9 Å². The number of nitrogens with zero attached hydrogens (tertiary/aromatic N) is 3. The van der Waals surface area contributed by atoms with Crippen LogP contribution in [0.5, 0.6) is 0 Å². The van der Waals surface area contributed by atoms with Gasteiger partial charge in [0.1, 0.15) is 0 Å². The Labute approximate surface area is 154 Å². The van der Waals surface area contributed by atoms with Gasteiger partial charge in [-0.15, -0.1) is 0 Å². The molecular formula is C19H19F3N4O. The summed E-state index contributed by atoms with van der Waals surface area (Å²) in [5.74, 6) is -0.0413. The van der Waals surface area contributed by atoms with Gasteiger partial charge in [-0.1, -0.05) is 26.0 Å². The Morgan fingerprint density at radius 1 is 1.26 bits per heavy atom. The van der Waals surface area contributed by atoms with Crippen molar-refractivity contribution in [1.82, 2.24) is 20.1 Å². The molecule has 0 fully saturated rings. The van der Waals surface area contributed by atoms with E-state index >= 15 is 0 Å². The summed E-state index contributed by atoms with van der Waals surface area (Å²) in [6.45, 7) is 4.43. The Morgan fingerprint density at radius 2 is 2.00 bits per heavy atom. The van der Waals surface area contributed by atoms with Crippen molar-refractivity contribution in [3.8, 4) is 11.3 Å². The van der Waals surface area contributed by atoms with Gasteiger partial charge >= 0.3 is 6.18 Å². The number of carbonyl (C=O) groups excluding carboxylic acids is 1. The summed E-state index contributed by atoms with van der Waals surface area (Å²) >= 11 is 0. The molecule has 2 aromatic heterocycles. The predicted octanol–water partition coefficient (Wildman–Crippen LogP) is 4.04. The van der Waals surface area contributed by atoms with E-state index in [2.05, 4.69) is 15.4 Å². The number of carbonyl (C=O) groups is 1. The number of fused-ring (bicyclic) bond motifs is 1. The molecule has 5 nitrogen and oxygen atoms in total. The first kappa shape index (κ1) is 18.9. The summed E-state index contributed by atoms with van der Waals surface area (Å²) in [6, 6.07) is 6.40. The molecule has 0 saturated carbocycles. The maximum atomic E-state index is 13.0. The number of benzene rings is 1. The molecule has 1 N–H and O–H groups in total. The maximum absolute atomic E-state index is 13.0. The summed E-state index contributed by atoms with van der Waals surface area (Å²) in [5, 5.41) is 7.50. The Bertz CT molecular complexity index is 992. The van der Waals surface area contributed by atoms with Gasteiger partial charge in [-0.25, -0.2) is 4.98 Å². The van der Waals surface area contributed by atoms with Crippen LogP contribution in [0.25, 0.3) is 22.3 Å². The molecule has 1 aromatic carbocycles. The number of hydrogen-bond acceptors (Lipinski definition) is 3. The van der Waals surface area contributed by atoms with E-state index in [0.29, 0.717) is 23.1 Å². The highest BCUT2D eigenvalue weighted by Gasteiger charge is 2.30. The van der Waals surface area contributed by atoms with Gasteiger partial charge < -0.3 is 5.32 Å². The zero-order valence-electron chi connectivity index (χ0n) is 15.1. The van der Waals surface area contributed by atoms with Crippen LogP contribution < -0.4 is 5.32 Å². The van der Waals surface area contributed by atoms with Crippen LogP contribution in [0.1, 0.15) is 29.8 Å². The monoisotopic (exact) mass is 376 g/mol. The fourth-order valence-electron chi connectivity index (χ4n) is 2.70. The largest absolute Gasteiger partial charge is 0.416 e. The van der Waals surface area contributed by atoms with Crippen LogP contribution in [-0.2, 0) is 13.2 Å². The van der Waals surface area contributed by atoms with Crippen molar-refractivity contribution in [3.63, 3.8) is 0 Å². The zero-order chi connectivity index (χ0) is 19.8. The van der Waals surface area contributed by atoms with E-state index in [4.69, 9.17) is 0 Å². The van der Waals surface area contributed by atoms with Gasteiger partial charge in [0.25, 0.3) is 5.91 Å². The van der Waals surface area contributed by atoms with Gasteiger partial charge in [-0.3, -0.25) is 9.48 Å². The molecule has 142 valence electrons. The van der Waals surface area contributed by atoms with E-state index in [0.717, 1.165) is 12.1 Å². The standard InChI is InChI=1S/C19H19F3N4O/c1-11(2)9-23-18(27)14-8-16(25-17-15(14)10-24-26(17)3)12-5-4-6-13(7-12)19(20,21)22/h4-8,10-11H,9H2,1-3H3,(H,23,27). The van der Waals surface area contributed by atoms with Crippen LogP contribution in [0, 0.1) is 5.92 Å². The lowest BCUT2D eigenvalue weighted by Crippen LogP contribution is -2.27. The molecule has 1 amide bonds. The number of aromatic nitrogens is 3. The summed E-state index contributed by atoms with van der Waals surface area (Å²) in [5.41, 5.74) is 0.566. The first-order chi connectivity index (χ1) is 12.7. The zero-order valence-corrected chi connectivity index (χ0v) is 15.1. The third-order valence-corrected chi connectivity index (χ3v) is 4.11. The number of pyridine rings is 1. The van der Waals surface area contributed by atoms with Gasteiger partial charge in [0, 0.05) is 19.2 Å². The number of aryl methyl sites for hydroxylation is 1. The van der Waals surface area contributed by atoms with E-state index in [1.54, 1.807) is 7.05 Å². The average Bonchev–Trinajstić information content (AvgIpc) is 2.99. The quantitative estimate of drug-likeness (QED) is 0.748. The Balaban J connectivity index is 2.12. The topological polar surface area (TPSA) is 59.8 Å². The van der Waals surface area contributed by atoms with Gasteiger partial charge in [0.15, 0.2) is 5.65 Å². The molecule has 3 rings (SSSR count). The van der Waals surface area contributed by atoms with Crippen LogP contribution in [0.4, 0.5) is 13.2 Å². The van der Waals surface area contributed by atoms with Crippen LogP contribution in [0.3, 0.4) is 0 Å². The van der Waals surface area contributed by atoms with Crippen LogP contribution >= 0.6 is 0 Å². The molecule has 0 atom stereocenters. The second-order valence-corrected chi connectivity index (χ2v) is 6.74. The summed E-state index contributed by atoms with van der Waals surface area (Å²) < 4.78 is 40.6. The van der Waals surface area contributed by atoms with Crippen molar-refractivity contribution < 1.29 is 18.0 Å². The second-order valence-electron chi connectivity index (χ2n) is 6.74. The predicted molar refractivity (Wildman–Crippen MR) is 96.1 cm³/mol. The van der Waals surface area contributed by atoms with Gasteiger partial charge in [-0.2, -0.15) is 18.3 Å². The molecular weight excluding hydrogens is 357 g/mol. The van der Waals surface area contributed by atoms with Crippen molar-refractivity contribution in [2.24, 2.45) is 13.0 Å². The minimum Gasteiger partial charge on any atom is -0.352 e. The smallest absolute Gasteiger partial charge is 0.352 e. The molecule has 0 aliphatic carbocycles. The molecule has 0 aliphatic rings. The van der Waals surface area contributed by atoms with Crippen LogP contribution in [0.2, 0.25) is 0 Å². The normalized spacial score (nSPS) is 12.0. The van der Waals surface area contributed by atoms with Crippen molar-refractivity contribution in [1.29, 1.82) is 0 Å². The first-order valence-electron chi connectivity index (χ1n) is 8.45. The number of alkyl halides is 3. The Morgan fingerprint density at radius 3 is 2.67 bits per heavy atom. The number of amides is 1.